The minimum atomic E-state index is -0.121. The van der Waals surface area contributed by atoms with Crippen molar-refractivity contribution >= 4 is 12.4 Å². The first-order chi connectivity index (χ1) is 9.29. The van der Waals surface area contributed by atoms with Gasteiger partial charge in [-0.2, -0.15) is 0 Å². The van der Waals surface area contributed by atoms with Crippen LogP contribution in [-0.2, 0) is 12.0 Å². The number of phenols is 1. The fourth-order valence-corrected chi connectivity index (χ4v) is 2.33. The summed E-state index contributed by atoms with van der Waals surface area (Å²) in [7, 11) is 0. The summed E-state index contributed by atoms with van der Waals surface area (Å²) in [5, 5.41) is 28.3. The van der Waals surface area contributed by atoms with E-state index in [1.54, 1.807) is 0 Å². The summed E-state index contributed by atoms with van der Waals surface area (Å²) < 4.78 is 0. The minimum Gasteiger partial charge on any atom is -0.507 e. The van der Waals surface area contributed by atoms with Crippen LogP contribution in [0.3, 0.4) is 0 Å². The van der Waals surface area contributed by atoms with Gasteiger partial charge in [-0.3, -0.25) is 4.90 Å². The third kappa shape index (κ3) is 5.83. The molecule has 0 aliphatic heterocycles. The van der Waals surface area contributed by atoms with Gasteiger partial charge < -0.3 is 15.3 Å². The molecular formula is C16H28ClNO3. The van der Waals surface area contributed by atoms with Crippen molar-refractivity contribution in [2.45, 2.75) is 39.7 Å². The molecule has 0 aliphatic rings. The summed E-state index contributed by atoms with van der Waals surface area (Å²) in [4.78, 5) is 2.00. The van der Waals surface area contributed by atoms with Gasteiger partial charge in [0.1, 0.15) is 5.75 Å². The largest absolute Gasteiger partial charge is 0.507 e. The lowest BCUT2D eigenvalue weighted by molar-refractivity contribution is 0.156. The molecule has 0 atom stereocenters. The first kappa shape index (κ1) is 20.2. The lowest BCUT2D eigenvalue weighted by Gasteiger charge is -2.25. The maximum absolute atomic E-state index is 10.2. The van der Waals surface area contributed by atoms with Crippen LogP contribution < -0.4 is 0 Å². The van der Waals surface area contributed by atoms with Crippen LogP contribution in [-0.4, -0.2) is 46.5 Å². The molecule has 0 spiro atoms. The molecule has 0 bridgehead atoms. The number of nitrogens with zero attached hydrogens (tertiary/aromatic N) is 1. The summed E-state index contributed by atoms with van der Waals surface area (Å²) in [6.45, 7) is 9.99. The zero-order valence-corrected chi connectivity index (χ0v) is 14.2. The second kappa shape index (κ2) is 8.59. The molecule has 21 heavy (non-hydrogen) atoms. The van der Waals surface area contributed by atoms with Gasteiger partial charge in [-0.15, -0.1) is 12.4 Å². The van der Waals surface area contributed by atoms with Crippen LogP contribution in [0.1, 0.15) is 37.5 Å². The van der Waals surface area contributed by atoms with Gasteiger partial charge in [0.05, 0.1) is 13.2 Å². The zero-order chi connectivity index (χ0) is 15.3. The van der Waals surface area contributed by atoms with Crippen molar-refractivity contribution in [2.75, 3.05) is 26.3 Å². The van der Waals surface area contributed by atoms with E-state index in [4.69, 9.17) is 10.2 Å². The molecule has 4 nitrogen and oxygen atoms in total. The molecule has 0 aliphatic carbocycles. The monoisotopic (exact) mass is 317 g/mol. The zero-order valence-electron chi connectivity index (χ0n) is 13.4. The van der Waals surface area contributed by atoms with Crippen LogP contribution in [0.4, 0.5) is 0 Å². The lowest BCUT2D eigenvalue weighted by Crippen LogP contribution is -2.29. The van der Waals surface area contributed by atoms with E-state index in [0.717, 1.165) is 16.7 Å². The van der Waals surface area contributed by atoms with E-state index >= 15 is 0 Å². The number of hydrogen-bond acceptors (Lipinski definition) is 4. The number of halogens is 1. The van der Waals surface area contributed by atoms with Crippen molar-refractivity contribution in [1.82, 2.24) is 4.90 Å². The van der Waals surface area contributed by atoms with Crippen molar-refractivity contribution in [3.05, 3.63) is 28.8 Å². The van der Waals surface area contributed by atoms with Gasteiger partial charge in [0.25, 0.3) is 0 Å². The third-order valence-electron chi connectivity index (χ3n) is 3.41. The number of rotatable bonds is 6. The van der Waals surface area contributed by atoms with Crippen LogP contribution in [0.15, 0.2) is 12.1 Å². The Labute approximate surface area is 133 Å². The summed E-state index contributed by atoms with van der Waals surface area (Å²) >= 11 is 0. The van der Waals surface area contributed by atoms with Gasteiger partial charge in [0.2, 0.25) is 0 Å². The molecule has 1 aromatic carbocycles. The van der Waals surface area contributed by atoms with Crippen LogP contribution in [0, 0.1) is 6.92 Å². The normalized spacial score (nSPS) is 11.6. The molecule has 0 saturated carbocycles. The topological polar surface area (TPSA) is 63.9 Å². The summed E-state index contributed by atoms with van der Waals surface area (Å²) in [5.41, 5.74) is 2.76. The number of aromatic hydroxyl groups is 1. The number of aliphatic hydroxyl groups excluding tert-OH is 2. The van der Waals surface area contributed by atoms with Crippen molar-refractivity contribution in [3.63, 3.8) is 0 Å². The van der Waals surface area contributed by atoms with Crippen molar-refractivity contribution < 1.29 is 15.3 Å². The molecule has 0 radical (unpaired) electrons. The van der Waals surface area contributed by atoms with Gasteiger partial charge in [-0.05, 0) is 29.0 Å². The Kier molecular flexibility index (Phi) is 8.26. The van der Waals surface area contributed by atoms with Crippen LogP contribution in [0.5, 0.6) is 5.75 Å². The molecule has 122 valence electrons. The Balaban J connectivity index is 0.00000400. The van der Waals surface area contributed by atoms with E-state index in [1.807, 2.05) is 24.0 Å². The fourth-order valence-electron chi connectivity index (χ4n) is 2.33. The van der Waals surface area contributed by atoms with Crippen molar-refractivity contribution in [2.24, 2.45) is 0 Å². The van der Waals surface area contributed by atoms with Crippen LogP contribution >= 0.6 is 12.4 Å². The second-order valence-corrected chi connectivity index (χ2v) is 6.28. The molecule has 0 unspecified atom stereocenters. The highest BCUT2D eigenvalue weighted by molar-refractivity contribution is 5.85. The Hall–Kier alpha value is -0.810. The SMILES string of the molecule is Cc1cc(CN(CCO)CCO)cc(C(C)(C)C)c1O.Cl. The molecule has 0 fully saturated rings. The van der Waals surface area contributed by atoms with E-state index in [9.17, 15) is 5.11 Å². The van der Waals surface area contributed by atoms with Crippen molar-refractivity contribution in [1.29, 1.82) is 0 Å². The van der Waals surface area contributed by atoms with E-state index in [0.29, 0.717) is 25.4 Å². The van der Waals surface area contributed by atoms with E-state index in [1.165, 1.54) is 0 Å². The highest BCUT2D eigenvalue weighted by Crippen LogP contribution is 2.34. The van der Waals surface area contributed by atoms with Gasteiger partial charge in [-0.25, -0.2) is 0 Å². The average Bonchev–Trinajstić information content (AvgIpc) is 2.32. The molecule has 0 aromatic heterocycles. The highest BCUT2D eigenvalue weighted by atomic mass is 35.5. The molecule has 3 N–H and O–H groups in total. The number of phenolic OH excluding ortho intramolecular Hbond substituents is 1. The number of hydrogen-bond donors (Lipinski definition) is 3. The number of aryl methyl sites for hydroxylation is 1. The highest BCUT2D eigenvalue weighted by Gasteiger charge is 2.20. The van der Waals surface area contributed by atoms with Gasteiger partial charge in [-0.1, -0.05) is 32.9 Å². The maximum Gasteiger partial charge on any atom is 0.122 e. The molecule has 0 heterocycles. The average molecular weight is 318 g/mol. The van der Waals surface area contributed by atoms with Gasteiger partial charge in [0.15, 0.2) is 0 Å². The molecule has 0 amide bonds. The summed E-state index contributed by atoms with van der Waals surface area (Å²) in [5.74, 6) is 0.358. The van der Waals surface area contributed by atoms with Gasteiger partial charge in [0, 0.05) is 19.6 Å². The lowest BCUT2D eigenvalue weighted by atomic mass is 9.84. The van der Waals surface area contributed by atoms with Crippen LogP contribution in [0.25, 0.3) is 0 Å². The predicted octanol–water partition coefficient (Wildman–Crippen LogP) is 2.21. The molecule has 1 rings (SSSR count). The Morgan fingerprint density at radius 1 is 1.05 bits per heavy atom. The Morgan fingerprint density at radius 2 is 1.57 bits per heavy atom. The quantitative estimate of drug-likeness (QED) is 0.752. The molecule has 1 aromatic rings. The maximum atomic E-state index is 10.2. The van der Waals surface area contributed by atoms with Crippen LogP contribution in [0.2, 0.25) is 0 Å². The predicted molar refractivity (Wildman–Crippen MR) is 88.2 cm³/mol. The number of benzene rings is 1. The van der Waals surface area contributed by atoms with E-state index < -0.39 is 0 Å². The molecule has 5 heteroatoms. The van der Waals surface area contributed by atoms with E-state index in [-0.39, 0.29) is 31.0 Å². The first-order valence-electron chi connectivity index (χ1n) is 7.06. The smallest absolute Gasteiger partial charge is 0.122 e. The molecule has 0 saturated heterocycles. The summed E-state index contributed by atoms with van der Waals surface area (Å²) in [6, 6.07) is 3.98. The summed E-state index contributed by atoms with van der Waals surface area (Å²) in [6.07, 6.45) is 0. The number of aliphatic hydroxyl groups is 2. The van der Waals surface area contributed by atoms with E-state index in [2.05, 4.69) is 20.8 Å². The second-order valence-electron chi connectivity index (χ2n) is 6.28. The fraction of sp³-hybridized carbons (Fsp3) is 0.625. The Bertz CT molecular complexity index is 438. The van der Waals surface area contributed by atoms with Crippen molar-refractivity contribution in [3.8, 4) is 5.75 Å². The van der Waals surface area contributed by atoms with Gasteiger partial charge >= 0.3 is 0 Å². The third-order valence-corrected chi connectivity index (χ3v) is 3.41. The Morgan fingerprint density at radius 3 is 2.00 bits per heavy atom. The molecular weight excluding hydrogens is 290 g/mol. The minimum absolute atomic E-state index is 0. The first-order valence-corrected chi connectivity index (χ1v) is 7.06. The standard InChI is InChI=1S/C16H27NO3.ClH/c1-12-9-13(11-17(5-7-18)6-8-19)10-14(15(12)20)16(2,3)4;/h9-10,18-20H,5-8,11H2,1-4H3;1H.